The topological polar surface area (TPSA) is 76.0 Å². The number of aliphatic hydroxyl groups excluding tert-OH is 1. The van der Waals surface area contributed by atoms with Crippen molar-refractivity contribution in [1.82, 2.24) is 0 Å². The molecule has 2 N–H and O–H groups in total. The number of hydrogen-bond acceptors (Lipinski definition) is 4. The van der Waals surface area contributed by atoms with Gasteiger partial charge in [0.1, 0.15) is 13.2 Å². The molecule has 1 heterocycles. The molecule has 5 nitrogen and oxygen atoms in total. The molecule has 3 aromatic rings. The van der Waals surface area contributed by atoms with Crippen LogP contribution in [0.2, 0.25) is 0 Å². The Kier molecular flexibility index (Phi) is 7.51. The lowest BCUT2D eigenvalue weighted by Crippen LogP contribution is -2.18. The molecule has 0 saturated carbocycles. The summed E-state index contributed by atoms with van der Waals surface area (Å²) in [5.41, 5.74) is 6.29. The number of fused-ring (bicyclic) bond motifs is 1. The van der Waals surface area contributed by atoms with Crippen molar-refractivity contribution in [3.05, 3.63) is 82.2 Å². The highest BCUT2D eigenvalue weighted by atomic mass is 19.1. The zero-order valence-electron chi connectivity index (χ0n) is 19.9. The van der Waals surface area contributed by atoms with Crippen LogP contribution in [0.5, 0.6) is 11.5 Å². The van der Waals surface area contributed by atoms with Crippen LogP contribution in [-0.2, 0) is 11.2 Å². The quantitative estimate of drug-likeness (QED) is 0.409. The van der Waals surface area contributed by atoms with Gasteiger partial charge in [-0.05, 0) is 72.2 Å². The van der Waals surface area contributed by atoms with Crippen LogP contribution in [0.1, 0.15) is 34.2 Å². The van der Waals surface area contributed by atoms with Crippen LogP contribution in [0.4, 0.5) is 4.39 Å². The summed E-state index contributed by atoms with van der Waals surface area (Å²) in [7, 11) is 0. The lowest BCUT2D eigenvalue weighted by atomic mass is 9.94. The van der Waals surface area contributed by atoms with E-state index in [2.05, 4.69) is 0 Å². The smallest absolute Gasteiger partial charge is 0.308 e. The maximum Gasteiger partial charge on any atom is 0.308 e. The molecule has 1 aliphatic rings. The summed E-state index contributed by atoms with van der Waals surface area (Å²) < 4.78 is 26.2. The molecule has 182 valence electrons. The summed E-state index contributed by atoms with van der Waals surface area (Å²) in [6.45, 7) is 4.35. The van der Waals surface area contributed by atoms with E-state index in [4.69, 9.17) is 14.6 Å². The van der Waals surface area contributed by atoms with Gasteiger partial charge < -0.3 is 19.7 Å². The van der Waals surface area contributed by atoms with Gasteiger partial charge in [-0.3, -0.25) is 4.79 Å². The fourth-order valence-electron chi connectivity index (χ4n) is 4.25. The highest BCUT2D eigenvalue weighted by Crippen LogP contribution is 2.40. The highest BCUT2D eigenvalue weighted by Gasteiger charge is 2.21. The Balaban J connectivity index is 1.59. The molecule has 35 heavy (non-hydrogen) atoms. The summed E-state index contributed by atoms with van der Waals surface area (Å²) in [6.07, 6.45) is 4.97. The zero-order chi connectivity index (χ0) is 24.9. The number of ether oxygens (including phenoxy) is 2. The number of aliphatic carboxylic acids is 1. The highest BCUT2D eigenvalue weighted by molar-refractivity contribution is 5.79. The number of rotatable bonds is 8. The molecular weight excluding hydrogens is 447 g/mol. The number of carboxylic acids is 1. The normalized spacial score (nSPS) is 13.7. The summed E-state index contributed by atoms with van der Waals surface area (Å²) in [4.78, 5) is 11.2. The van der Waals surface area contributed by atoms with Crippen molar-refractivity contribution in [2.45, 2.75) is 26.7 Å². The van der Waals surface area contributed by atoms with Crippen LogP contribution in [0, 0.1) is 25.6 Å². The summed E-state index contributed by atoms with van der Waals surface area (Å²) >= 11 is 0. The minimum atomic E-state index is -0.982. The van der Waals surface area contributed by atoms with Gasteiger partial charge in [0, 0.05) is 5.56 Å². The second kappa shape index (κ2) is 10.7. The van der Waals surface area contributed by atoms with Gasteiger partial charge in [-0.25, -0.2) is 4.39 Å². The third kappa shape index (κ3) is 5.38. The third-order valence-electron chi connectivity index (χ3n) is 6.45. The first-order valence-corrected chi connectivity index (χ1v) is 11.7. The number of aryl methyl sites for hydroxylation is 2. The molecule has 0 bridgehead atoms. The Morgan fingerprint density at radius 3 is 2.57 bits per heavy atom. The van der Waals surface area contributed by atoms with E-state index in [1.807, 2.05) is 62.4 Å². The molecule has 0 spiro atoms. The molecule has 0 fully saturated rings. The van der Waals surface area contributed by atoms with Crippen molar-refractivity contribution < 1.29 is 28.9 Å². The maximum atomic E-state index is 15.2. The Bertz CT molecular complexity index is 1260. The molecule has 4 rings (SSSR count). The Morgan fingerprint density at radius 1 is 1.03 bits per heavy atom. The second-order valence-electron chi connectivity index (χ2n) is 8.75. The predicted molar refractivity (Wildman–Crippen MR) is 134 cm³/mol. The predicted octanol–water partition coefficient (Wildman–Crippen LogP) is 5.68. The monoisotopic (exact) mass is 476 g/mol. The van der Waals surface area contributed by atoms with E-state index in [-0.39, 0.29) is 12.4 Å². The van der Waals surface area contributed by atoms with Gasteiger partial charge in [0.2, 0.25) is 0 Å². The van der Waals surface area contributed by atoms with E-state index >= 15 is 4.39 Å². The average Bonchev–Trinajstić information content (AvgIpc) is 2.86. The molecule has 1 aliphatic heterocycles. The van der Waals surface area contributed by atoms with E-state index in [9.17, 15) is 9.90 Å². The lowest BCUT2D eigenvalue weighted by Gasteiger charge is -2.20. The van der Waals surface area contributed by atoms with Crippen molar-refractivity contribution >= 4 is 18.1 Å². The summed E-state index contributed by atoms with van der Waals surface area (Å²) in [6, 6.07) is 15.3. The van der Waals surface area contributed by atoms with Gasteiger partial charge >= 0.3 is 5.97 Å². The molecular formula is C29H29FO5. The van der Waals surface area contributed by atoms with Gasteiger partial charge in [0.15, 0.2) is 17.3 Å². The maximum absolute atomic E-state index is 15.2. The average molecular weight is 477 g/mol. The molecule has 3 aromatic carbocycles. The molecule has 0 saturated heterocycles. The number of aliphatic hydroxyl groups is 1. The first-order valence-electron chi connectivity index (χ1n) is 11.7. The largest absolute Gasteiger partial charge is 0.486 e. The van der Waals surface area contributed by atoms with Crippen molar-refractivity contribution in [3.8, 4) is 22.6 Å². The number of carbonyl (C=O) groups is 1. The number of benzene rings is 3. The zero-order valence-corrected chi connectivity index (χ0v) is 19.9. The number of carboxylic acid groups (broad SMARTS) is 1. The van der Waals surface area contributed by atoms with Crippen molar-refractivity contribution in [1.29, 1.82) is 0 Å². The third-order valence-corrected chi connectivity index (χ3v) is 6.45. The van der Waals surface area contributed by atoms with E-state index in [0.717, 1.165) is 33.4 Å². The first-order chi connectivity index (χ1) is 16.9. The van der Waals surface area contributed by atoms with Gasteiger partial charge in [-0.15, -0.1) is 0 Å². The van der Waals surface area contributed by atoms with E-state index in [1.54, 1.807) is 12.1 Å². The van der Waals surface area contributed by atoms with Gasteiger partial charge in [-0.1, -0.05) is 48.6 Å². The van der Waals surface area contributed by atoms with Crippen LogP contribution in [-0.4, -0.2) is 36.0 Å². The van der Waals surface area contributed by atoms with Crippen LogP contribution in [0.15, 0.2) is 48.5 Å². The Morgan fingerprint density at radius 2 is 1.80 bits per heavy atom. The standard InChI is InChI=1S/C29H29FO5/c1-18-6-7-20(8-9-23(17-31)29(32)33)16-22(18)11-10-21-4-3-5-24(19(21)2)25-12-13-26-28(27(25)30)35-15-14-34-26/h3-7,10-13,16,23,31H,8-9,14-15,17H2,1-2H3,(H,32,33)/b11-10+/t23-/m0/s1. The Hall–Kier alpha value is -3.64. The van der Waals surface area contributed by atoms with Gasteiger partial charge in [-0.2, -0.15) is 0 Å². The van der Waals surface area contributed by atoms with Crippen molar-refractivity contribution in [3.63, 3.8) is 0 Å². The number of hydrogen-bond donors (Lipinski definition) is 2. The number of halogens is 1. The summed E-state index contributed by atoms with van der Waals surface area (Å²) in [5, 5.41) is 18.4. The van der Waals surface area contributed by atoms with E-state index < -0.39 is 17.7 Å². The minimum absolute atomic E-state index is 0.160. The summed E-state index contributed by atoms with van der Waals surface area (Å²) in [5.74, 6) is -1.58. The Labute approximate surface area is 204 Å². The molecule has 0 radical (unpaired) electrons. The molecule has 6 heteroatoms. The van der Waals surface area contributed by atoms with Gasteiger partial charge in [0.25, 0.3) is 0 Å². The van der Waals surface area contributed by atoms with Crippen LogP contribution >= 0.6 is 0 Å². The van der Waals surface area contributed by atoms with Crippen molar-refractivity contribution in [2.75, 3.05) is 19.8 Å². The molecule has 0 unspecified atom stereocenters. The fourth-order valence-corrected chi connectivity index (χ4v) is 4.25. The lowest BCUT2D eigenvalue weighted by molar-refractivity contribution is -0.143. The van der Waals surface area contributed by atoms with E-state index in [1.165, 1.54) is 0 Å². The van der Waals surface area contributed by atoms with Gasteiger partial charge in [0.05, 0.1) is 12.5 Å². The molecule has 0 aliphatic carbocycles. The van der Waals surface area contributed by atoms with Crippen LogP contribution < -0.4 is 9.47 Å². The molecule has 0 aromatic heterocycles. The van der Waals surface area contributed by atoms with Crippen LogP contribution in [0.3, 0.4) is 0 Å². The fraction of sp³-hybridized carbons (Fsp3) is 0.276. The first kappa shape index (κ1) is 24.5. The van der Waals surface area contributed by atoms with Crippen LogP contribution in [0.25, 0.3) is 23.3 Å². The van der Waals surface area contributed by atoms with Crippen molar-refractivity contribution in [2.24, 2.45) is 5.92 Å². The second-order valence-corrected chi connectivity index (χ2v) is 8.75. The van der Waals surface area contributed by atoms with E-state index in [0.29, 0.717) is 37.4 Å². The molecule has 0 amide bonds. The molecule has 1 atom stereocenters. The SMILES string of the molecule is Cc1ccc(CC[C@@H](CO)C(=O)O)cc1/C=C/c1cccc(-c2ccc3c(c2F)OCCO3)c1C. The minimum Gasteiger partial charge on any atom is -0.486 e.